The molecule has 0 spiro atoms. The van der Waals surface area contributed by atoms with Crippen molar-refractivity contribution in [1.82, 2.24) is 0 Å². The molecule has 1 heterocycles. The number of nitrogens with zero attached hydrogens (tertiary/aromatic N) is 1. The number of benzene rings is 2. The third-order valence-corrected chi connectivity index (χ3v) is 4.14. The Balaban J connectivity index is 2.10. The first-order valence-corrected chi connectivity index (χ1v) is 7.43. The molecular weight excluding hydrogens is 345 g/mol. The lowest BCUT2D eigenvalue weighted by Gasteiger charge is -2.14. The smallest absolute Gasteiger partial charge is 0.268 e. The summed E-state index contributed by atoms with van der Waals surface area (Å²) in [5.41, 5.74) is 0.917. The molecule has 2 aromatic carbocycles. The number of imide groups is 1. The molecule has 0 fully saturated rings. The molecule has 3 nitrogen and oxygen atoms in total. The van der Waals surface area contributed by atoms with Crippen LogP contribution >= 0.6 is 34.8 Å². The fourth-order valence-corrected chi connectivity index (χ4v) is 3.01. The molecule has 3 rings (SSSR count). The van der Waals surface area contributed by atoms with Crippen molar-refractivity contribution in [2.75, 3.05) is 4.90 Å². The summed E-state index contributed by atoms with van der Waals surface area (Å²) in [6.07, 6.45) is 0. The van der Waals surface area contributed by atoms with Crippen molar-refractivity contribution in [3.05, 3.63) is 69.2 Å². The van der Waals surface area contributed by atoms with E-state index in [1.807, 2.05) is 0 Å². The van der Waals surface area contributed by atoms with Crippen LogP contribution in [0.3, 0.4) is 0 Å². The highest BCUT2D eigenvalue weighted by Crippen LogP contribution is 2.38. The molecule has 0 N–H and O–H groups in total. The Morgan fingerprint density at radius 1 is 0.818 bits per heavy atom. The van der Waals surface area contributed by atoms with Gasteiger partial charge in [-0.15, -0.1) is 0 Å². The average Bonchev–Trinajstić information content (AvgIpc) is 2.71. The summed E-state index contributed by atoms with van der Waals surface area (Å²) < 4.78 is 0. The Bertz CT molecular complexity index is 815. The molecule has 0 atom stereocenters. The maximum absolute atomic E-state index is 12.6. The highest BCUT2D eigenvalue weighted by atomic mass is 35.5. The summed E-state index contributed by atoms with van der Waals surface area (Å²) in [5.74, 6) is -1.08. The highest BCUT2D eigenvalue weighted by Gasteiger charge is 2.39. The van der Waals surface area contributed by atoms with Gasteiger partial charge in [-0.3, -0.25) is 9.59 Å². The van der Waals surface area contributed by atoms with Crippen LogP contribution in [0.4, 0.5) is 5.69 Å². The van der Waals surface area contributed by atoms with Crippen molar-refractivity contribution >= 4 is 57.9 Å². The number of carbonyl (C=O) groups is 2. The quantitative estimate of drug-likeness (QED) is 0.745. The molecular formula is C16H8Cl3NO2. The molecule has 0 saturated carbocycles. The first-order valence-electron chi connectivity index (χ1n) is 6.29. The fourth-order valence-electron chi connectivity index (χ4n) is 2.24. The lowest BCUT2D eigenvalue weighted by molar-refractivity contribution is -0.119. The second-order valence-electron chi connectivity index (χ2n) is 4.59. The Morgan fingerprint density at radius 2 is 1.50 bits per heavy atom. The molecule has 0 aliphatic carbocycles. The maximum atomic E-state index is 12.6. The molecule has 110 valence electrons. The number of carbonyl (C=O) groups excluding carboxylic acids is 2. The van der Waals surface area contributed by atoms with E-state index in [2.05, 4.69) is 0 Å². The summed E-state index contributed by atoms with van der Waals surface area (Å²) in [6.45, 7) is 0. The molecule has 0 bridgehead atoms. The van der Waals surface area contributed by atoms with Crippen LogP contribution in [0.2, 0.25) is 10.0 Å². The van der Waals surface area contributed by atoms with Crippen LogP contribution < -0.4 is 4.90 Å². The number of anilines is 1. The highest BCUT2D eigenvalue weighted by molar-refractivity contribution is 6.60. The second kappa shape index (κ2) is 5.76. The predicted molar refractivity (Wildman–Crippen MR) is 88.2 cm³/mol. The molecule has 0 saturated heterocycles. The lowest BCUT2D eigenvalue weighted by atomic mass is 10.1. The summed E-state index contributed by atoms with van der Waals surface area (Å²) in [7, 11) is 0. The predicted octanol–water partition coefficient (Wildman–Crippen LogP) is 4.52. The number of hydrogen-bond acceptors (Lipinski definition) is 2. The van der Waals surface area contributed by atoms with Gasteiger partial charge in [0.15, 0.2) is 0 Å². The molecule has 0 radical (unpaired) electrons. The van der Waals surface area contributed by atoms with E-state index in [1.54, 1.807) is 42.5 Å². The van der Waals surface area contributed by atoms with E-state index >= 15 is 0 Å². The minimum absolute atomic E-state index is 0.0807. The molecule has 0 unspecified atom stereocenters. The largest absolute Gasteiger partial charge is 0.277 e. The zero-order valence-electron chi connectivity index (χ0n) is 11.0. The van der Waals surface area contributed by atoms with Gasteiger partial charge in [0.25, 0.3) is 11.8 Å². The summed E-state index contributed by atoms with van der Waals surface area (Å²) >= 11 is 18.1. The Hall–Kier alpha value is -1.81. The summed E-state index contributed by atoms with van der Waals surface area (Å²) in [5, 5.41) is 0.539. The lowest BCUT2D eigenvalue weighted by Crippen LogP contribution is -2.31. The van der Waals surface area contributed by atoms with Gasteiger partial charge in [0, 0.05) is 10.6 Å². The Morgan fingerprint density at radius 3 is 2.14 bits per heavy atom. The monoisotopic (exact) mass is 351 g/mol. The standard InChI is InChI=1S/C16H8Cl3NO2/c17-9-6-7-11(12(18)8-9)13-14(19)16(22)20(15(13)21)10-4-2-1-3-5-10/h1-8H. The third kappa shape index (κ3) is 2.41. The summed E-state index contributed by atoms with van der Waals surface area (Å²) in [6, 6.07) is 13.2. The zero-order valence-corrected chi connectivity index (χ0v) is 13.3. The number of halogens is 3. The van der Waals surface area contributed by atoms with E-state index in [-0.39, 0.29) is 15.6 Å². The third-order valence-electron chi connectivity index (χ3n) is 3.24. The van der Waals surface area contributed by atoms with Gasteiger partial charge in [-0.2, -0.15) is 0 Å². The molecule has 22 heavy (non-hydrogen) atoms. The Labute approximate surface area is 141 Å². The van der Waals surface area contributed by atoms with Crippen LogP contribution in [0.5, 0.6) is 0 Å². The first kappa shape index (κ1) is 15.1. The van der Waals surface area contributed by atoms with Gasteiger partial charge in [0.05, 0.1) is 16.3 Å². The van der Waals surface area contributed by atoms with Crippen molar-refractivity contribution in [3.8, 4) is 0 Å². The van der Waals surface area contributed by atoms with E-state index in [9.17, 15) is 9.59 Å². The molecule has 2 aromatic rings. The van der Waals surface area contributed by atoms with Gasteiger partial charge in [-0.1, -0.05) is 59.1 Å². The second-order valence-corrected chi connectivity index (χ2v) is 5.82. The minimum atomic E-state index is -0.570. The maximum Gasteiger partial charge on any atom is 0.277 e. The van der Waals surface area contributed by atoms with Gasteiger partial charge < -0.3 is 0 Å². The molecule has 0 aromatic heterocycles. The van der Waals surface area contributed by atoms with Crippen LogP contribution in [0.1, 0.15) is 5.56 Å². The van der Waals surface area contributed by atoms with Crippen LogP contribution in [0.15, 0.2) is 53.6 Å². The van der Waals surface area contributed by atoms with Crippen LogP contribution in [0, 0.1) is 0 Å². The first-order chi connectivity index (χ1) is 10.5. The SMILES string of the molecule is O=C1C(Cl)=C(c2ccc(Cl)cc2Cl)C(=O)N1c1ccccc1. The normalized spacial score (nSPS) is 15.0. The van der Waals surface area contributed by atoms with Gasteiger partial charge in [0.2, 0.25) is 0 Å². The molecule has 2 amide bonds. The van der Waals surface area contributed by atoms with Crippen LogP contribution in [-0.2, 0) is 9.59 Å². The van der Waals surface area contributed by atoms with Crippen molar-refractivity contribution in [2.45, 2.75) is 0 Å². The van der Waals surface area contributed by atoms with E-state index in [0.29, 0.717) is 16.3 Å². The van der Waals surface area contributed by atoms with E-state index in [0.717, 1.165) is 4.90 Å². The topological polar surface area (TPSA) is 37.4 Å². The van der Waals surface area contributed by atoms with Crippen LogP contribution in [-0.4, -0.2) is 11.8 Å². The van der Waals surface area contributed by atoms with Crippen molar-refractivity contribution in [2.24, 2.45) is 0 Å². The van der Waals surface area contributed by atoms with E-state index in [4.69, 9.17) is 34.8 Å². The Kier molecular flexibility index (Phi) is 3.96. The van der Waals surface area contributed by atoms with Gasteiger partial charge >= 0.3 is 0 Å². The number of amides is 2. The van der Waals surface area contributed by atoms with E-state index in [1.165, 1.54) is 6.07 Å². The van der Waals surface area contributed by atoms with Crippen molar-refractivity contribution < 1.29 is 9.59 Å². The minimum Gasteiger partial charge on any atom is -0.268 e. The summed E-state index contributed by atoms with van der Waals surface area (Å²) in [4.78, 5) is 26.0. The number of para-hydroxylation sites is 1. The van der Waals surface area contributed by atoms with Crippen molar-refractivity contribution in [3.63, 3.8) is 0 Å². The number of hydrogen-bond donors (Lipinski definition) is 0. The van der Waals surface area contributed by atoms with E-state index < -0.39 is 11.8 Å². The molecule has 1 aliphatic heterocycles. The fraction of sp³-hybridized carbons (Fsp3) is 0. The zero-order chi connectivity index (χ0) is 15.9. The van der Waals surface area contributed by atoms with Crippen LogP contribution in [0.25, 0.3) is 5.57 Å². The van der Waals surface area contributed by atoms with Gasteiger partial charge in [0.1, 0.15) is 5.03 Å². The molecule has 6 heteroatoms. The molecule has 1 aliphatic rings. The van der Waals surface area contributed by atoms with Gasteiger partial charge in [-0.05, 0) is 24.3 Å². The van der Waals surface area contributed by atoms with Crippen molar-refractivity contribution in [1.29, 1.82) is 0 Å². The van der Waals surface area contributed by atoms with Gasteiger partial charge in [-0.25, -0.2) is 4.90 Å². The number of rotatable bonds is 2. The average molecular weight is 353 g/mol.